The molecule has 20 heavy (non-hydrogen) atoms. The topological polar surface area (TPSA) is 75.6 Å². The molecule has 0 radical (unpaired) electrons. The molecule has 0 aliphatic rings. The fourth-order valence-electron chi connectivity index (χ4n) is 1.32. The van der Waals surface area contributed by atoms with Crippen LogP contribution in [-0.4, -0.2) is 9.97 Å². The van der Waals surface area contributed by atoms with E-state index in [1.54, 1.807) is 0 Å². The zero-order chi connectivity index (χ0) is 14.8. The van der Waals surface area contributed by atoms with E-state index < -0.39 is 11.7 Å². The summed E-state index contributed by atoms with van der Waals surface area (Å²) >= 11 is 1.03. The highest BCUT2D eigenvalue weighted by molar-refractivity contribution is 7.99. The van der Waals surface area contributed by atoms with Crippen molar-refractivity contribution in [3.05, 3.63) is 41.7 Å². The van der Waals surface area contributed by atoms with Gasteiger partial charge in [-0.15, -0.1) is 0 Å². The molecule has 4 nitrogen and oxygen atoms in total. The minimum Gasteiger partial charge on any atom is -0.396 e. The lowest BCUT2D eigenvalue weighted by atomic mass is 10.3. The fraction of sp³-hybridized carbons (Fsp3) is 0.0833. The molecule has 0 bridgehead atoms. The van der Waals surface area contributed by atoms with Crippen molar-refractivity contribution in [2.24, 2.45) is 0 Å². The van der Waals surface area contributed by atoms with E-state index in [4.69, 9.17) is 11.0 Å². The van der Waals surface area contributed by atoms with Crippen molar-refractivity contribution in [3.63, 3.8) is 0 Å². The van der Waals surface area contributed by atoms with E-state index in [0.717, 1.165) is 24.0 Å². The summed E-state index contributed by atoms with van der Waals surface area (Å²) in [7, 11) is 0. The smallest absolute Gasteiger partial charge is 0.396 e. The second-order valence-electron chi connectivity index (χ2n) is 3.72. The Morgan fingerprint density at radius 2 is 1.95 bits per heavy atom. The van der Waals surface area contributed by atoms with Crippen molar-refractivity contribution in [3.8, 4) is 6.07 Å². The maximum absolute atomic E-state index is 12.4. The van der Waals surface area contributed by atoms with E-state index >= 15 is 0 Å². The second kappa shape index (κ2) is 5.38. The van der Waals surface area contributed by atoms with Crippen molar-refractivity contribution in [2.75, 3.05) is 5.73 Å². The molecule has 0 unspecified atom stereocenters. The molecule has 2 aromatic rings. The third-order valence-electron chi connectivity index (χ3n) is 2.27. The summed E-state index contributed by atoms with van der Waals surface area (Å²) in [5, 5.41) is 9.40. The van der Waals surface area contributed by atoms with E-state index in [0.29, 0.717) is 15.6 Å². The van der Waals surface area contributed by atoms with Crippen LogP contribution in [0.2, 0.25) is 0 Å². The Morgan fingerprint density at radius 3 is 2.45 bits per heavy atom. The summed E-state index contributed by atoms with van der Waals surface area (Å²) in [6.45, 7) is 0. The monoisotopic (exact) mass is 296 g/mol. The van der Waals surface area contributed by atoms with Gasteiger partial charge in [0.2, 0.25) is 0 Å². The minimum absolute atomic E-state index is 0.274. The minimum atomic E-state index is -4.41. The SMILES string of the molecule is N#Cc1cnc(Sc2ccc(C(F)(F)F)cn2)c(N)c1. The van der Waals surface area contributed by atoms with Crippen molar-refractivity contribution in [2.45, 2.75) is 16.2 Å². The zero-order valence-corrected chi connectivity index (χ0v) is 10.7. The Balaban J connectivity index is 2.21. The van der Waals surface area contributed by atoms with Crippen LogP contribution in [0.25, 0.3) is 0 Å². The van der Waals surface area contributed by atoms with Gasteiger partial charge in [-0.25, -0.2) is 9.97 Å². The van der Waals surface area contributed by atoms with E-state index in [1.165, 1.54) is 18.3 Å². The first-order valence-electron chi connectivity index (χ1n) is 5.27. The molecule has 102 valence electrons. The van der Waals surface area contributed by atoms with Gasteiger partial charge in [-0.05, 0) is 30.0 Å². The number of aromatic nitrogens is 2. The van der Waals surface area contributed by atoms with Gasteiger partial charge in [0.25, 0.3) is 0 Å². The van der Waals surface area contributed by atoms with Crippen molar-refractivity contribution in [1.82, 2.24) is 9.97 Å². The number of hydrogen-bond donors (Lipinski definition) is 1. The first-order chi connectivity index (χ1) is 9.40. The lowest BCUT2D eigenvalue weighted by Crippen LogP contribution is -2.05. The normalized spacial score (nSPS) is 11.1. The number of nitrogens with zero attached hydrogens (tertiary/aromatic N) is 3. The second-order valence-corrected chi connectivity index (χ2v) is 4.72. The third kappa shape index (κ3) is 3.19. The Kier molecular flexibility index (Phi) is 3.81. The first-order valence-corrected chi connectivity index (χ1v) is 6.08. The Labute approximate surface area is 116 Å². The van der Waals surface area contributed by atoms with Gasteiger partial charge in [0.05, 0.1) is 16.8 Å². The summed E-state index contributed by atoms with van der Waals surface area (Å²) in [5.74, 6) is 0. The van der Waals surface area contributed by atoms with E-state index in [2.05, 4.69) is 9.97 Å². The molecule has 0 amide bonds. The summed E-state index contributed by atoms with van der Waals surface area (Å²) in [6, 6.07) is 5.52. The number of nitriles is 1. The highest BCUT2D eigenvalue weighted by Gasteiger charge is 2.30. The van der Waals surface area contributed by atoms with Crippen molar-refractivity contribution >= 4 is 17.4 Å². The Morgan fingerprint density at radius 1 is 1.20 bits per heavy atom. The van der Waals surface area contributed by atoms with Gasteiger partial charge in [-0.3, -0.25) is 0 Å². The van der Waals surface area contributed by atoms with Crippen LogP contribution in [0.1, 0.15) is 11.1 Å². The Bertz CT molecular complexity index is 662. The maximum atomic E-state index is 12.4. The van der Waals surface area contributed by atoms with Crippen LogP contribution in [0.3, 0.4) is 0 Å². The van der Waals surface area contributed by atoms with Gasteiger partial charge in [0, 0.05) is 12.4 Å². The summed E-state index contributed by atoms with van der Waals surface area (Å²) in [4.78, 5) is 7.68. The van der Waals surface area contributed by atoms with Crippen LogP contribution in [0.4, 0.5) is 18.9 Å². The molecule has 0 fully saturated rings. The zero-order valence-electron chi connectivity index (χ0n) is 9.85. The van der Waals surface area contributed by atoms with Gasteiger partial charge in [0.15, 0.2) is 0 Å². The number of nitrogens with two attached hydrogens (primary N) is 1. The predicted molar refractivity (Wildman–Crippen MR) is 66.7 cm³/mol. The van der Waals surface area contributed by atoms with Crippen molar-refractivity contribution < 1.29 is 13.2 Å². The molecule has 2 heterocycles. The highest BCUT2D eigenvalue weighted by Crippen LogP contribution is 2.32. The van der Waals surface area contributed by atoms with E-state index in [1.807, 2.05) is 6.07 Å². The molecule has 2 rings (SSSR count). The lowest BCUT2D eigenvalue weighted by molar-refractivity contribution is -0.137. The number of halogens is 3. The quantitative estimate of drug-likeness (QED) is 0.921. The Hall–Kier alpha value is -2.27. The van der Waals surface area contributed by atoms with Gasteiger partial charge >= 0.3 is 6.18 Å². The van der Waals surface area contributed by atoms with Gasteiger partial charge in [-0.2, -0.15) is 18.4 Å². The third-order valence-corrected chi connectivity index (χ3v) is 3.26. The average Bonchev–Trinajstić information content (AvgIpc) is 2.40. The molecule has 2 N–H and O–H groups in total. The fourth-order valence-corrected chi connectivity index (χ4v) is 2.04. The molecule has 8 heteroatoms. The average molecular weight is 296 g/mol. The lowest BCUT2D eigenvalue weighted by Gasteiger charge is -2.07. The number of anilines is 1. The number of rotatable bonds is 2. The predicted octanol–water partition coefficient (Wildman–Crippen LogP) is 3.10. The molecule has 0 saturated heterocycles. The molecule has 0 aliphatic carbocycles. The molecule has 2 aromatic heterocycles. The van der Waals surface area contributed by atoms with Crippen LogP contribution < -0.4 is 5.73 Å². The van der Waals surface area contributed by atoms with Gasteiger partial charge in [-0.1, -0.05) is 0 Å². The molecule has 0 saturated carbocycles. The summed E-state index contributed by atoms with van der Waals surface area (Å²) in [6.07, 6.45) is -2.33. The van der Waals surface area contributed by atoms with Crippen LogP contribution in [0.15, 0.2) is 40.6 Å². The first kappa shape index (κ1) is 14.1. The van der Waals surface area contributed by atoms with Gasteiger partial charge in [0.1, 0.15) is 16.1 Å². The molecule has 0 aromatic carbocycles. The number of alkyl halides is 3. The van der Waals surface area contributed by atoms with Crippen molar-refractivity contribution in [1.29, 1.82) is 5.26 Å². The van der Waals surface area contributed by atoms with Gasteiger partial charge < -0.3 is 5.73 Å². The maximum Gasteiger partial charge on any atom is 0.417 e. The number of nitrogen functional groups attached to an aromatic ring is 1. The molecule has 0 aliphatic heterocycles. The molecular formula is C12H7F3N4S. The van der Waals surface area contributed by atoms with E-state index in [-0.39, 0.29) is 5.69 Å². The standard InChI is InChI=1S/C12H7F3N4S/c13-12(14,15)8-1-2-10(18-6-8)20-11-9(17)3-7(4-16)5-19-11/h1-3,5-6H,17H2. The molecule has 0 spiro atoms. The highest BCUT2D eigenvalue weighted by atomic mass is 32.2. The van der Waals surface area contributed by atoms with Crippen LogP contribution in [0.5, 0.6) is 0 Å². The molecule has 0 atom stereocenters. The molecular weight excluding hydrogens is 289 g/mol. The van der Waals surface area contributed by atoms with Crippen LogP contribution in [-0.2, 0) is 6.18 Å². The van der Waals surface area contributed by atoms with Crippen LogP contribution in [0, 0.1) is 11.3 Å². The number of hydrogen-bond acceptors (Lipinski definition) is 5. The summed E-state index contributed by atoms with van der Waals surface area (Å²) in [5.41, 5.74) is 5.47. The summed E-state index contributed by atoms with van der Waals surface area (Å²) < 4.78 is 37.2. The van der Waals surface area contributed by atoms with E-state index in [9.17, 15) is 13.2 Å². The van der Waals surface area contributed by atoms with Crippen LogP contribution >= 0.6 is 11.8 Å². The largest absolute Gasteiger partial charge is 0.417 e. The number of pyridine rings is 2.